The van der Waals surface area contributed by atoms with Crippen LogP contribution in [0, 0.1) is 0 Å². The normalized spacial score (nSPS) is 10.6. The number of benzene rings is 3. The van der Waals surface area contributed by atoms with Crippen LogP contribution < -0.4 is 14.8 Å². The van der Waals surface area contributed by atoms with Crippen LogP contribution in [0.4, 0.5) is 5.69 Å². The summed E-state index contributed by atoms with van der Waals surface area (Å²) in [5.41, 5.74) is 0.653. The highest BCUT2D eigenvalue weighted by Gasteiger charge is 2.09. The summed E-state index contributed by atoms with van der Waals surface area (Å²) in [7, 11) is 0. The fourth-order valence-corrected chi connectivity index (χ4v) is 3.30. The Morgan fingerprint density at radius 1 is 1.00 bits per heavy atom. The van der Waals surface area contributed by atoms with E-state index < -0.39 is 0 Å². The smallest absolute Gasteiger partial charge is 0.262 e. The molecule has 3 aromatic carbocycles. The molecule has 3 rings (SSSR count). The number of anilines is 1. The predicted molar refractivity (Wildman–Crippen MR) is 114 cm³/mol. The number of carbonyl (C=O) groups is 1. The van der Waals surface area contributed by atoms with Gasteiger partial charge in [-0.15, -0.1) is 0 Å². The first-order valence-corrected chi connectivity index (χ1v) is 9.87. The molecule has 0 aliphatic carbocycles. The van der Waals surface area contributed by atoms with Gasteiger partial charge < -0.3 is 19.5 Å². The Labute approximate surface area is 172 Å². The van der Waals surface area contributed by atoms with Crippen molar-refractivity contribution in [2.45, 2.75) is 6.92 Å². The second-order valence-corrected chi connectivity index (χ2v) is 6.80. The van der Waals surface area contributed by atoms with Gasteiger partial charge in [-0.3, -0.25) is 4.79 Å². The number of hydrogen-bond donors (Lipinski definition) is 1. The highest BCUT2D eigenvalue weighted by molar-refractivity contribution is 9.10. The number of halogens is 1. The molecule has 0 fully saturated rings. The minimum atomic E-state index is -0.244. The molecule has 0 radical (unpaired) electrons. The lowest BCUT2D eigenvalue weighted by atomic mass is 10.1. The van der Waals surface area contributed by atoms with Gasteiger partial charge >= 0.3 is 0 Å². The third-order valence-corrected chi connectivity index (χ3v) is 4.82. The molecule has 0 saturated heterocycles. The summed E-state index contributed by atoms with van der Waals surface area (Å²) in [5.74, 6) is 1.06. The second-order valence-electron chi connectivity index (χ2n) is 6.01. The second kappa shape index (κ2) is 10.1. The zero-order valence-electron chi connectivity index (χ0n) is 15.6. The van der Waals surface area contributed by atoms with Crippen molar-refractivity contribution >= 4 is 38.3 Å². The fraction of sp³-hybridized carbons (Fsp3) is 0.227. The lowest BCUT2D eigenvalue weighted by Gasteiger charge is -2.12. The first-order valence-electron chi connectivity index (χ1n) is 9.08. The Morgan fingerprint density at radius 2 is 1.86 bits per heavy atom. The number of amides is 1. The van der Waals surface area contributed by atoms with Crippen molar-refractivity contribution < 1.29 is 19.0 Å². The minimum Gasteiger partial charge on any atom is -0.491 e. The maximum absolute atomic E-state index is 12.3. The van der Waals surface area contributed by atoms with E-state index in [0.29, 0.717) is 37.0 Å². The Hall–Kier alpha value is -2.57. The van der Waals surface area contributed by atoms with Crippen molar-refractivity contribution in [1.29, 1.82) is 0 Å². The summed E-state index contributed by atoms with van der Waals surface area (Å²) in [4.78, 5) is 12.3. The van der Waals surface area contributed by atoms with Gasteiger partial charge in [0.1, 0.15) is 18.1 Å². The van der Waals surface area contributed by atoms with Gasteiger partial charge in [-0.2, -0.15) is 0 Å². The van der Waals surface area contributed by atoms with Crippen LogP contribution in [0.5, 0.6) is 11.5 Å². The molecule has 0 aliphatic rings. The molecule has 0 spiro atoms. The van der Waals surface area contributed by atoms with Gasteiger partial charge in [0.15, 0.2) is 6.61 Å². The first kappa shape index (κ1) is 20.2. The van der Waals surface area contributed by atoms with E-state index in [0.717, 1.165) is 15.2 Å². The molecule has 0 atom stereocenters. The number of ether oxygens (including phenoxy) is 3. The number of carbonyl (C=O) groups excluding carboxylic acids is 1. The molecule has 0 saturated carbocycles. The van der Waals surface area contributed by atoms with Crippen molar-refractivity contribution in [2.24, 2.45) is 0 Å². The van der Waals surface area contributed by atoms with Gasteiger partial charge in [0.05, 0.1) is 11.1 Å². The van der Waals surface area contributed by atoms with Gasteiger partial charge in [-0.25, -0.2) is 0 Å². The van der Waals surface area contributed by atoms with E-state index in [1.54, 1.807) is 12.1 Å². The highest BCUT2D eigenvalue weighted by Crippen LogP contribution is 2.33. The van der Waals surface area contributed by atoms with Crippen molar-refractivity contribution in [3.63, 3.8) is 0 Å². The topological polar surface area (TPSA) is 56.8 Å². The van der Waals surface area contributed by atoms with Gasteiger partial charge in [-0.05, 0) is 51.8 Å². The molecular weight excluding hydrogens is 422 g/mol. The number of nitrogens with one attached hydrogen (secondary N) is 1. The molecular formula is C22H22BrNO4. The van der Waals surface area contributed by atoms with Crippen LogP contribution in [0.3, 0.4) is 0 Å². The van der Waals surface area contributed by atoms with E-state index in [1.165, 1.54) is 0 Å². The molecule has 0 heterocycles. The maximum Gasteiger partial charge on any atom is 0.262 e. The summed E-state index contributed by atoms with van der Waals surface area (Å²) < 4.78 is 17.4. The lowest BCUT2D eigenvalue weighted by Crippen LogP contribution is -2.20. The summed E-state index contributed by atoms with van der Waals surface area (Å²) in [6.07, 6.45) is 0. The zero-order valence-corrected chi connectivity index (χ0v) is 17.2. The Kier molecular flexibility index (Phi) is 7.28. The van der Waals surface area contributed by atoms with Gasteiger partial charge in [0, 0.05) is 18.4 Å². The average Bonchev–Trinajstić information content (AvgIpc) is 2.71. The molecule has 0 aliphatic heterocycles. The number of rotatable bonds is 9. The Bertz CT molecular complexity index is 945. The van der Waals surface area contributed by atoms with Gasteiger partial charge in [-0.1, -0.05) is 36.4 Å². The SMILES string of the molecule is CCOCCOc1cccc(NC(=O)COc2ccc3ccccc3c2Br)c1. The summed E-state index contributed by atoms with van der Waals surface area (Å²) in [6.45, 7) is 3.50. The third-order valence-electron chi connectivity index (χ3n) is 4.00. The van der Waals surface area contributed by atoms with Crippen molar-refractivity contribution in [3.05, 3.63) is 65.1 Å². The molecule has 5 nitrogen and oxygen atoms in total. The molecule has 1 N–H and O–H groups in total. The fourth-order valence-electron chi connectivity index (χ4n) is 2.69. The van der Waals surface area contributed by atoms with Gasteiger partial charge in [0.25, 0.3) is 5.91 Å². The monoisotopic (exact) mass is 443 g/mol. The van der Waals surface area contributed by atoms with Crippen molar-refractivity contribution in [1.82, 2.24) is 0 Å². The van der Waals surface area contributed by atoms with Crippen LogP contribution in [-0.2, 0) is 9.53 Å². The maximum atomic E-state index is 12.3. The molecule has 3 aromatic rings. The summed E-state index contributed by atoms with van der Waals surface area (Å²) in [5, 5.41) is 4.96. The van der Waals surface area contributed by atoms with E-state index >= 15 is 0 Å². The van der Waals surface area contributed by atoms with Crippen LogP contribution in [0.25, 0.3) is 10.8 Å². The number of hydrogen-bond acceptors (Lipinski definition) is 4. The van der Waals surface area contributed by atoms with Crippen molar-refractivity contribution in [3.8, 4) is 11.5 Å². The lowest BCUT2D eigenvalue weighted by molar-refractivity contribution is -0.118. The van der Waals surface area contributed by atoms with E-state index in [4.69, 9.17) is 14.2 Å². The van der Waals surface area contributed by atoms with Crippen LogP contribution in [-0.4, -0.2) is 32.3 Å². The van der Waals surface area contributed by atoms with Crippen LogP contribution in [0.15, 0.2) is 65.1 Å². The number of fused-ring (bicyclic) bond motifs is 1. The highest BCUT2D eigenvalue weighted by atomic mass is 79.9. The van der Waals surface area contributed by atoms with Crippen LogP contribution in [0.1, 0.15) is 6.92 Å². The molecule has 0 bridgehead atoms. The average molecular weight is 444 g/mol. The molecule has 1 amide bonds. The molecule has 0 aromatic heterocycles. The van der Waals surface area contributed by atoms with E-state index in [1.807, 2.05) is 55.5 Å². The standard InChI is InChI=1S/C22H22BrNO4/c1-2-26-12-13-27-18-8-5-7-17(14-18)24-21(25)15-28-20-11-10-16-6-3-4-9-19(16)22(20)23/h3-11,14H,2,12-13,15H2,1H3,(H,24,25). The molecule has 0 unspecified atom stereocenters. The summed E-state index contributed by atoms with van der Waals surface area (Å²) >= 11 is 3.56. The van der Waals surface area contributed by atoms with Crippen LogP contribution in [0.2, 0.25) is 0 Å². The zero-order chi connectivity index (χ0) is 19.8. The Morgan fingerprint density at radius 3 is 2.71 bits per heavy atom. The summed E-state index contributed by atoms with van der Waals surface area (Å²) in [6, 6.07) is 19.0. The minimum absolute atomic E-state index is 0.0909. The predicted octanol–water partition coefficient (Wildman–Crippen LogP) is 5.04. The first-order chi connectivity index (χ1) is 13.7. The molecule has 6 heteroatoms. The van der Waals surface area contributed by atoms with E-state index in [2.05, 4.69) is 21.2 Å². The molecule has 146 valence electrons. The Balaban J connectivity index is 1.55. The van der Waals surface area contributed by atoms with Gasteiger partial charge in [0.2, 0.25) is 0 Å². The van der Waals surface area contributed by atoms with E-state index in [9.17, 15) is 4.79 Å². The molecule has 28 heavy (non-hydrogen) atoms. The third kappa shape index (κ3) is 5.47. The largest absolute Gasteiger partial charge is 0.491 e. The van der Waals surface area contributed by atoms with Crippen LogP contribution >= 0.6 is 15.9 Å². The van der Waals surface area contributed by atoms with E-state index in [-0.39, 0.29) is 12.5 Å². The van der Waals surface area contributed by atoms with Crippen molar-refractivity contribution in [2.75, 3.05) is 31.7 Å². The quantitative estimate of drug-likeness (QED) is 0.470.